The summed E-state index contributed by atoms with van der Waals surface area (Å²) in [6.45, 7) is 8.16. The first-order valence-electron chi connectivity index (χ1n) is 11.2. The molecule has 0 aliphatic carbocycles. The van der Waals surface area contributed by atoms with Crippen LogP contribution in [0.3, 0.4) is 0 Å². The number of aromatic amines is 1. The Hall–Kier alpha value is -2.45. The van der Waals surface area contributed by atoms with Crippen molar-refractivity contribution in [2.45, 2.75) is 72.9 Å². The van der Waals surface area contributed by atoms with Crippen molar-refractivity contribution < 1.29 is 46.3 Å². The van der Waals surface area contributed by atoms with E-state index in [1.54, 1.807) is 41.5 Å². The monoisotopic (exact) mass is 553 g/mol. The minimum atomic E-state index is -4.66. The van der Waals surface area contributed by atoms with Gasteiger partial charge in [0.2, 0.25) is 19.4 Å². The molecule has 16 heteroatoms. The van der Waals surface area contributed by atoms with Crippen LogP contribution in [0.5, 0.6) is 0 Å². The topological polar surface area (TPSA) is 174 Å². The summed E-state index contributed by atoms with van der Waals surface area (Å²) in [6, 6.07) is 0. The number of H-pyrrole nitrogens is 1. The molecule has 1 N–H and O–H groups in total. The van der Waals surface area contributed by atoms with Gasteiger partial charge in [-0.05, 0) is 48.5 Å². The van der Waals surface area contributed by atoms with Crippen molar-refractivity contribution in [1.82, 2.24) is 14.5 Å². The molecule has 37 heavy (non-hydrogen) atoms. The lowest BCUT2D eigenvalue weighted by Gasteiger charge is -2.29. The average Bonchev–Trinajstić information content (AvgIpc) is 3.07. The predicted octanol–water partition coefficient (Wildman–Crippen LogP) is 2.33. The number of carbonyl (C=O) groups is 2. The summed E-state index contributed by atoms with van der Waals surface area (Å²) in [7, 11) is -4.66. The molecule has 210 valence electrons. The number of esters is 2. The van der Waals surface area contributed by atoms with E-state index in [1.807, 2.05) is 4.98 Å². The van der Waals surface area contributed by atoms with E-state index in [0.29, 0.717) is 0 Å². The number of alkyl halides is 1. The highest BCUT2D eigenvalue weighted by atomic mass is 31.2. The minimum Gasteiger partial charge on any atom is -0.437 e. The van der Waals surface area contributed by atoms with Crippen LogP contribution in [0.1, 0.15) is 61.3 Å². The molecule has 1 aliphatic heterocycles. The second-order valence-electron chi connectivity index (χ2n) is 10.6. The standard InChI is InChI=1S/C21H33FN3O11P/c1-18(2,3)14(26)31-12-34-37(30,35-13-32-15(27)19(4,5)6)33-10-21(22)9-8-20(7,36-21)25-11-23-16(28)24-17(25)29/h11H,8-10,12-13H2,1-7H3,(H,24,28,29)/t20-,21+/m1/s1. The fourth-order valence-electron chi connectivity index (χ4n) is 2.88. The molecule has 1 fully saturated rings. The van der Waals surface area contributed by atoms with Crippen molar-refractivity contribution in [2.24, 2.45) is 10.8 Å². The van der Waals surface area contributed by atoms with Crippen molar-refractivity contribution in [3.8, 4) is 0 Å². The van der Waals surface area contributed by atoms with E-state index in [-0.39, 0.29) is 12.8 Å². The van der Waals surface area contributed by atoms with Crippen LogP contribution in [0, 0.1) is 10.8 Å². The fraction of sp³-hybridized carbons (Fsp3) is 0.762. The third-order valence-electron chi connectivity index (χ3n) is 5.06. The second-order valence-corrected chi connectivity index (χ2v) is 12.3. The Kier molecular flexibility index (Phi) is 9.24. The van der Waals surface area contributed by atoms with Crippen molar-refractivity contribution in [2.75, 3.05) is 20.2 Å². The Morgan fingerprint density at radius 2 is 1.57 bits per heavy atom. The Morgan fingerprint density at radius 3 is 2.03 bits per heavy atom. The van der Waals surface area contributed by atoms with E-state index in [2.05, 4.69) is 4.98 Å². The van der Waals surface area contributed by atoms with Gasteiger partial charge in [0.25, 0.3) is 0 Å². The van der Waals surface area contributed by atoms with E-state index in [9.17, 15) is 23.7 Å². The van der Waals surface area contributed by atoms with E-state index in [4.69, 9.17) is 27.8 Å². The molecule has 0 radical (unpaired) electrons. The van der Waals surface area contributed by atoms with Crippen LogP contribution in [-0.4, -0.2) is 52.5 Å². The van der Waals surface area contributed by atoms with Gasteiger partial charge < -0.3 is 14.2 Å². The van der Waals surface area contributed by atoms with Crippen LogP contribution >= 0.6 is 7.82 Å². The van der Waals surface area contributed by atoms with E-state index in [1.165, 1.54) is 6.92 Å². The molecular weight excluding hydrogens is 520 g/mol. The third-order valence-corrected chi connectivity index (χ3v) is 6.35. The summed E-state index contributed by atoms with van der Waals surface area (Å²) in [5.74, 6) is -3.94. The van der Waals surface area contributed by atoms with Gasteiger partial charge >= 0.3 is 31.1 Å². The molecule has 1 aliphatic rings. The van der Waals surface area contributed by atoms with E-state index in [0.717, 1.165) is 10.9 Å². The van der Waals surface area contributed by atoms with Gasteiger partial charge in [-0.1, -0.05) is 0 Å². The highest BCUT2D eigenvalue weighted by Gasteiger charge is 2.51. The Morgan fingerprint density at radius 1 is 1.05 bits per heavy atom. The first-order valence-corrected chi connectivity index (χ1v) is 12.7. The summed E-state index contributed by atoms with van der Waals surface area (Å²) < 4.78 is 59.8. The molecule has 14 nitrogen and oxygen atoms in total. The lowest BCUT2D eigenvalue weighted by atomic mass is 9.98. The summed E-state index contributed by atoms with van der Waals surface area (Å²) in [6.07, 6.45) is 0.560. The SMILES string of the molecule is CC(C)(C)C(=O)OCOP(=O)(OCOC(=O)C(C)(C)C)OC[C@]1(F)CC[C@](C)(n2cnc(=O)[nH]c2=O)O1. The van der Waals surface area contributed by atoms with Crippen molar-refractivity contribution in [3.63, 3.8) is 0 Å². The summed E-state index contributed by atoms with van der Waals surface area (Å²) in [5, 5.41) is 0. The first kappa shape index (κ1) is 30.8. The lowest BCUT2D eigenvalue weighted by molar-refractivity contribution is -0.218. The number of hydrogen-bond acceptors (Lipinski definition) is 12. The zero-order valence-corrected chi connectivity index (χ0v) is 22.7. The first-order chi connectivity index (χ1) is 16.8. The Balaban J connectivity index is 2.10. The zero-order valence-electron chi connectivity index (χ0n) is 21.8. The molecule has 0 bridgehead atoms. The number of carbonyl (C=O) groups excluding carboxylic acids is 2. The number of ether oxygens (including phenoxy) is 3. The lowest BCUT2D eigenvalue weighted by Crippen LogP contribution is -2.44. The van der Waals surface area contributed by atoms with Crippen molar-refractivity contribution in [1.29, 1.82) is 0 Å². The maximum Gasteiger partial charge on any atom is 0.480 e. The number of phosphoric acid groups is 1. The van der Waals surface area contributed by atoms with Gasteiger partial charge in [0.1, 0.15) is 12.9 Å². The maximum absolute atomic E-state index is 15.5. The van der Waals surface area contributed by atoms with Crippen LogP contribution in [0.25, 0.3) is 0 Å². The quantitative estimate of drug-likeness (QED) is 0.255. The maximum atomic E-state index is 15.5. The molecule has 1 saturated heterocycles. The molecule has 2 rings (SSSR count). The number of phosphoric ester groups is 1. The molecular formula is C21H33FN3O11P. The molecule has 0 spiro atoms. The third kappa shape index (κ3) is 8.54. The normalized spacial score (nSPS) is 22.6. The molecule has 2 heterocycles. The molecule has 0 amide bonds. The van der Waals surface area contributed by atoms with Crippen LogP contribution in [0.4, 0.5) is 4.39 Å². The molecule has 0 unspecified atom stereocenters. The average molecular weight is 553 g/mol. The highest BCUT2D eigenvalue weighted by Crippen LogP contribution is 2.52. The molecule has 1 aromatic heterocycles. The van der Waals surface area contributed by atoms with E-state index >= 15 is 4.39 Å². The summed E-state index contributed by atoms with van der Waals surface area (Å²) >= 11 is 0. The Labute approximate surface area is 212 Å². The van der Waals surface area contributed by atoms with Gasteiger partial charge in [0, 0.05) is 12.8 Å². The van der Waals surface area contributed by atoms with Crippen molar-refractivity contribution in [3.05, 3.63) is 27.3 Å². The Bertz CT molecular complexity index is 1120. The number of hydrogen-bond donors (Lipinski definition) is 1. The fourth-order valence-corrected chi connectivity index (χ4v) is 3.82. The number of halogens is 1. The van der Waals surface area contributed by atoms with Gasteiger partial charge in [-0.2, -0.15) is 4.98 Å². The zero-order chi connectivity index (χ0) is 28.3. The molecule has 0 aromatic carbocycles. The predicted molar refractivity (Wildman–Crippen MR) is 123 cm³/mol. The van der Waals surface area contributed by atoms with E-state index < -0.39 is 73.7 Å². The van der Waals surface area contributed by atoms with Gasteiger partial charge in [0.05, 0.1) is 10.8 Å². The minimum absolute atomic E-state index is 0.0428. The summed E-state index contributed by atoms with van der Waals surface area (Å²) in [5.41, 5.74) is -5.09. The van der Waals surface area contributed by atoms with Gasteiger partial charge in [-0.3, -0.25) is 23.7 Å². The van der Waals surface area contributed by atoms with Crippen LogP contribution in [-0.2, 0) is 47.7 Å². The van der Waals surface area contributed by atoms with Crippen LogP contribution in [0.2, 0.25) is 0 Å². The number of nitrogens with zero attached hydrogens (tertiary/aromatic N) is 2. The second kappa shape index (κ2) is 11.1. The number of nitrogens with one attached hydrogen (secondary N) is 1. The molecule has 0 saturated carbocycles. The number of rotatable bonds is 10. The molecule has 1 aromatic rings. The van der Waals surface area contributed by atoms with Gasteiger partial charge in [-0.25, -0.2) is 27.6 Å². The highest BCUT2D eigenvalue weighted by molar-refractivity contribution is 7.48. The molecule has 2 atom stereocenters. The van der Waals surface area contributed by atoms with Crippen LogP contribution < -0.4 is 11.4 Å². The van der Waals surface area contributed by atoms with Crippen molar-refractivity contribution >= 4 is 19.8 Å². The summed E-state index contributed by atoms with van der Waals surface area (Å²) in [4.78, 5) is 52.7. The largest absolute Gasteiger partial charge is 0.480 e. The smallest absolute Gasteiger partial charge is 0.437 e. The number of aromatic nitrogens is 3. The van der Waals surface area contributed by atoms with Gasteiger partial charge in [-0.15, -0.1) is 0 Å². The van der Waals surface area contributed by atoms with Gasteiger partial charge in [0.15, 0.2) is 5.72 Å². The van der Waals surface area contributed by atoms with Crippen LogP contribution in [0.15, 0.2) is 15.9 Å².